The molecule has 2 aromatic carbocycles. The van der Waals surface area contributed by atoms with Gasteiger partial charge in [-0.3, -0.25) is 9.79 Å². The molecule has 1 aliphatic rings. The zero-order valence-corrected chi connectivity index (χ0v) is 21.1. The molecule has 1 amide bonds. The van der Waals surface area contributed by atoms with E-state index in [1.807, 2.05) is 18.2 Å². The molecule has 1 aliphatic heterocycles. The molecule has 0 fully saturated rings. The fourth-order valence-corrected chi connectivity index (χ4v) is 3.78. The van der Waals surface area contributed by atoms with Gasteiger partial charge >= 0.3 is 0 Å². The quantitative estimate of drug-likeness (QED) is 0.286. The summed E-state index contributed by atoms with van der Waals surface area (Å²) in [6.45, 7) is 6.25. The highest BCUT2D eigenvalue weighted by atomic mass is 127. The fourth-order valence-electron chi connectivity index (χ4n) is 3.78. The van der Waals surface area contributed by atoms with Gasteiger partial charge in [0.05, 0.1) is 12.6 Å². The van der Waals surface area contributed by atoms with E-state index in [1.165, 1.54) is 16.7 Å². The van der Waals surface area contributed by atoms with Gasteiger partial charge in [0.2, 0.25) is 5.91 Å². The van der Waals surface area contributed by atoms with E-state index in [0.717, 1.165) is 18.2 Å². The van der Waals surface area contributed by atoms with Gasteiger partial charge in [-0.15, -0.1) is 24.0 Å². The molecule has 6 nitrogen and oxygen atoms in total. The molecule has 0 aliphatic carbocycles. The first-order chi connectivity index (χ1) is 14.5. The van der Waals surface area contributed by atoms with Crippen molar-refractivity contribution in [2.24, 2.45) is 4.99 Å². The maximum absolute atomic E-state index is 12.1. The minimum Gasteiger partial charge on any atom is -0.357 e. The third-order valence-electron chi connectivity index (χ3n) is 5.47. The van der Waals surface area contributed by atoms with Crippen molar-refractivity contribution in [3.63, 3.8) is 0 Å². The Labute approximate surface area is 202 Å². The number of anilines is 1. The van der Waals surface area contributed by atoms with Crippen molar-refractivity contribution in [3.05, 3.63) is 65.2 Å². The lowest BCUT2D eigenvalue weighted by Gasteiger charge is -2.27. The molecule has 168 valence electrons. The molecular formula is C24H34IN5O. The number of halogens is 1. The molecule has 1 heterocycles. The number of likely N-dealkylation sites (N-methyl/N-ethyl adjacent to an activating group) is 1. The van der Waals surface area contributed by atoms with Crippen LogP contribution in [0.2, 0.25) is 0 Å². The molecule has 7 heteroatoms. The summed E-state index contributed by atoms with van der Waals surface area (Å²) >= 11 is 0. The van der Waals surface area contributed by atoms with Crippen LogP contribution in [0.25, 0.3) is 0 Å². The summed E-state index contributed by atoms with van der Waals surface area (Å²) in [7, 11) is 4.16. The Hall–Kier alpha value is -2.13. The maximum atomic E-state index is 12.1. The van der Waals surface area contributed by atoms with Gasteiger partial charge in [0.1, 0.15) is 0 Å². The van der Waals surface area contributed by atoms with Crippen LogP contribution in [0.4, 0.5) is 5.69 Å². The number of nitrogens with one attached hydrogen (secondary N) is 3. The van der Waals surface area contributed by atoms with E-state index >= 15 is 0 Å². The summed E-state index contributed by atoms with van der Waals surface area (Å²) in [6, 6.07) is 16.9. The first kappa shape index (κ1) is 25.1. The Morgan fingerprint density at radius 2 is 1.87 bits per heavy atom. The van der Waals surface area contributed by atoms with Crippen LogP contribution in [-0.2, 0) is 4.79 Å². The Balaban J connectivity index is 0.00000341. The lowest BCUT2D eigenvalue weighted by Crippen LogP contribution is -2.41. The highest BCUT2D eigenvalue weighted by Crippen LogP contribution is 2.31. The van der Waals surface area contributed by atoms with E-state index in [4.69, 9.17) is 4.99 Å². The smallest absolute Gasteiger partial charge is 0.225 e. The van der Waals surface area contributed by atoms with Gasteiger partial charge in [0.25, 0.3) is 0 Å². The molecule has 3 N–H and O–H groups in total. The van der Waals surface area contributed by atoms with Gasteiger partial charge in [0.15, 0.2) is 5.96 Å². The Bertz CT molecular complexity index is 882. The van der Waals surface area contributed by atoms with E-state index in [9.17, 15) is 4.79 Å². The number of fused-ring (bicyclic) bond motifs is 1. The van der Waals surface area contributed by atoms with Crippen molar-refractivity contribution in [2.45, 2.75) is 32.2 Å². The van der Waals surface area contributed by atoms with Crippen LogP contribution in [0.15, 0.2) is 53.5 Å². The number of para-hydroxylation sites is 1. The van der Waals surface area contributed by atoms with Gasteiger partial charge in [-0.25, -0.2) is 0 Å². The molecule has 0 bridgehead atoms. The number of amides is 1. The summed E-state index contributed by atoms with van der Waals surface area (Å²) in [5.74, 6) is 0.968. The molecular weight excluding hydrogens is 501 g/mol. The van der Waals surface area contributed by atoms with Crippen LogP contribution in [-0.4, -0.2) is 50.5 Å². The van der Waals surface area contributed by atoms with Crippen LogP contribution in [0, 0.1) is 6.92 Å². The zero-order chi connectivity index (χ0) is 21.5. The van der Waals surface area contributed by atoms with Crippen molar-refractivity contribution >= 4 is 41.5 Å². The standard InChI is InChI=1S/C24H33N5O.HI/c1-5-25-24(27-16-22(29(3)4)18-12-10-17(2)11-13-18)26-15-19-14-23(30)28-21-9-7-6-8-20(19)21;/h6-13,19,22H,5,14-16H2,1-4H3,(H,28,30)(H2,25,26,27);1H. The molecule has 2 unspecified atom stereocenters. The van der Waals surface area contributed by atoms with Gasteiger partial charge in [-0.05, 0) is 45.1 Å². The third-order valence-corrected chi connectivity index (χ3v) is 5.47. The highest BCUT2D eigenvalue weighted by Gasteiger charge is 2.24. The summed E-state index contributed by atoms with van der Waals surface area (Å²) < 4.78 is 0. The average molecular weight is 535 g/mol. The molecule has 2 atom stereocenters. The summed E-state index contributed by atoms with van der Waals surface area (Å²) in [4.78, 5) is 19.1. The van der Waals surface area contributed by atoms with Crippen molar-refractivity contribution in [1.29, 1.82) is 0 Å². The second-order valence-corrected chi connectivity index (χ2v) is 8.03. The highest BCUT2D eigenvalue weighted by molar-refractivity contribution is 14.0. The number of nitrogens with zero attached hydrogens (tertiary/aromatic N) is 2. The first-order valence-electron chi connectivity index (χ1n) is 10.6. The SMILES string of the molecule is CCNC(=NCC(c1ccc(C)cc1)N(C)C)NCC1CC(=O)Nc2ccccc21.I. The number of guanidine groups is 1. The van der Waals surface area contributed by atoms with Crippen LogP contribution in [0.5, 0.6) is 0 Å². The Morgan fingerprint density at radius 3 is 2.55 bits per heavy atom. The number of carbonyl (C=O) groups excluding carboxylic acids is 1. The van der Waals surface area contributed by atoms with Crippen LogP contribution in [0.3, 0.4) is 0 Å². The van der Waals surface area contributed by atoms with E-state index < -0.39 is 0 Å². The normalized spacial score (nSPS) is 16.7. The molecule has 3 rings (SSSR count). The zero-order valence-electron chi connectivity index (χ0n) is 18.8. The van der Waals surface area contributed by atoms with E-state index in [1.54, 1.807) is 0 Å². The number of carbonyl (C=O) groups is 1. The topological polar surface area (TPSA) is 68.8 Å². The third kappa shape index (κ3) is 6.93. The molecule has 0 saturated heterocycles. The second-order valence-electron chi connectivity index (χ2n) is 8.03. The van der Waals surface area contributed by atoms with E-state index in [2.05, 4.69) is 79.1 Å². The van der Waals surface area contributed by atoms with Gasteiger partial charge < -0.3 is 20.9 Å². The van der Waals surface area contributed by atoms with Crippen molar-refractivity contribution in [3.8, 4) is 0 Å². The molecule has 0 radical (unpaired) electrons. The monoisotopic (exact) mass is 535 g/mol. The predicted molar refractivity (Wildman–Crippen MR) is 139 cm³/mol. The lowest BCUT2D eigenvalue weighted by molar-refractivity contribution is -0.116. The number of benzene rings is 2. The number of rotatable bonds is 7. The predicted octanol–water partition coefficient (Wildman–Crippen LogP) is 3.90. The maximum Gasteiger partial charge on any atom is 0.225 e. The Morgan fingerprint density at radius 1 is 1.16 bits per heavy atom. The average Bonchev–Trinajstić information content (AvgIpc) is 2.72. The van der Waals surface area contributed by atoms with Crippen LogP contribution >= 0.6 is 24.0 Å². The second kappa shape index (κ2) is 12.0. The molecule has 31 heavy (non-hydrogen) atoms. The summed E-state index contributed by atoms with van der Waals surface area (Å²) in [5, 5.41) is 9.74. The van der Waals surface area contributed by atoms with Gasteiger partial charge in [0, 0.05) is 31.1 Å². The lowest BCUT2D eigenvalue weighted by atomic mass is 9.90. The minimum absolute atomic E-state index is 0. The van der Waals surface area contributed by atoms with E-state index in [0.29, 0.717) is 19.5 Å². The van der Waals surface area contributed by atoms with Gasteiger partial charge in [-0.1, -0.05) is 48.0 Å². The number of hydrogen-bond donors (Lipinski definition) is 3. The largest absolute Gasteiger partial charge is 0.357 e. The molecule has 2 aromatic rings. The molecule has 0 saturated carbocycles. The first-order valence-corrected chi connectivity index (χ1v) is 10.6. The number of aryl methyl sites for hydroxylation is 1. The molecule has 0 aromatic heterocycles. The number of hydrogen-bond acceptors (Lipinski definition) is 3. The Kier molecular flexibility index (Phi) is 9.77. The summed E-state index contributed by atoms with van der Waals surface area (Å²) in [5.41, 5.74) is 4.59. The minimum atomic E-state index is 0. The van der Waals surface area contributed by atoms with Crippen molar-refractivity contribution < 1.29 is 4.79 Å². The fraction of sp³-hybridized carbons (Fsp3) is 0.417. The van der Waals surface area contributed by atoms with Gasteiger partial charge in [-0.2, -0.15) is 0 Å². The molecule has 0 spiro atoms. The van der Waals surface area contributed by atoms with E-state index in [-0.39, 0.29) is 41.8 Å². The van der Waals surface area contributed by atoms with Crippen molar-refractivity contribution in [2.75, 3.05) is 39.0 Å². The number of aliphatic imine (C=N–C) groups is 1. The summed E-state index contributed by atoms with van der Waals surface area (Å²) in [6.07, 6.45) is 0.479. The van der Waals surface area contributed by atoms with Crippen molar-refractivity contribution in [1.82, 2.24) is 15.5 Å². The van der Waals surface area contributed by atoms with Crippen LogP contribution < -0.4 is 16.0 Å². The van der Waals surface area contributed by atoms with Crippen LogP contribution in [0.1, 0.15) is 42.0 Å².